The zero-order chi connectivity index (χ0) is 17.0. The number of carboxylic acids is 1. The van der Waals surface area contributed by atoms with Crippen LogP contribution < -0.4 is 5.32 Å². The van der Waals surface area contributed by atoms with E-state index in [1.807, 2.05) is 0 Å². The van der Waals surface area contributed by atoms with Crippen molar-refractivity contribution in [3.05, 3.63) is 28.2 Å². The van der Waals surface area contributed by atoms with Crippen LogP contribution in [0.5, 0.6) is 0 Å². The van der Waals surface area contributed by atoms with Gasteiger partial charge in [-0.1, -0.05) is 23.2 Å². The van der Waals surface area contributed by atoms with Crippen LogP contribution >= 0.6 is 23.2 Å². The van der Waals surface area contributed by atoms with E-state index in [2.05, 4.69) is 5.32 Å². The Bertz CT molecular complexity index is 616. The fourth-order valence-corrected chi connectivity index (χ4v) is 3.07. The number of nitrogens with zero attached hydrogens (tertiary/aromatic N) is 1. The molecule has 2 N–H and O–H groups in total. The lowest BCUT2D eigenvalue weighted by Crippen LogP contribution is -2.43. The molecule has 1 saturated heterocycles. The summed E-state index contributed by atoms with van der Waals surface area (Å²) in [7, 11) is 0. The second-order valence-electron chi connectivity index (χ2n) is 5.29. The normalized spacial score (nSPS) is 17.1. The molecule has 1 heterocycles. The molecular formula is C15H16Cl2N2O4. The summed E-state index contributed by atoms with van der Waals surface area (Å²) < 4.78 is 0. The highest BCUT2D eigenvalue weighted by Gasteiger charge is 2.34. The van der Waals surface area contributed by atoms with Crippen LogP contribution in [0, 0.1) is 0 Å². The SMILES string of the molecule is O=C(O)CCC(=O)N1CCCC1C(=O)Nc1cc(Cl)cc(Cl)c1. The van der Waals surface area contributed by atoms with Crippen molar-refractivity contribution in [3.8, 4) is 0 Å². The highest BCUT2D eigenvalue weighted by molar-refractivity contribution is 6.35. The Balaban J connectivity index is 2.02. The summed E-state index contributed by atoms with van der Waals surface area (Å²) in [6.45, 7) is 0.451. The van der Waals surface area contributed by atoms with Crippen molar-refractivity contribution in [2.75, 3.05) is 11.9 Å². The number of carbonyl (C=O) groups is 3. The molecule has 2 rings (SSSR count). The number of halogens is 2. The van der Waals surface area contributed by atoms with Crippen LogP contribution in [-0.2, 0) is 14.4 Å². The average Bonchev–Trinajstić information content (AvgIpc) is 2.93. The van der Waals surface area contributed by atoms with Crippen molar-refractivity contribution < 1.29 is 19.5 Å². The lowest BCUT2D eigenvalue weighted by Gasteiger charge is -2.24. The average molecular weight is 359 g/mol. The standard InChI is InChI=1S/C15H16Cl2N2O4/c16-9-6-10(17)8-11(7-9)18-15(23)12-2-1-5-19(12)13(20)3-4-14(21)22/h6-8,12H,1-5H2,(H,18,23)(H,21,22). The van der Waals surface area contributed by atoms with E-state index in [0.29, 0.717) is 35.1 Å². The number of anilines is 1. The Hall–Kier alpha value is -1.79. The molecule has 1 aromatic carbocycles. The minimum Gasteiger partial charge on any atom is -0.481 e. The molecule has 6 nitrogen and oxygen atoms in total. The van der Waals surface area contributed by atoms with E-state index >= 15 is 0 Å². The molecule has 0 aliphatic carbocycles. The van der Waals surface area contributed by atoms with E-state index in [1.165, 1.54) is 4.90 Å². The van der Waals surface area contributed by atoms with E-state index in [0.717, 1.165) is 0 Å². The number of hydrogen-bond acceptors (Lipinski definition) is 3. The number of likely N-dealkylation sites (tertiary alicyclic amines) is 1. The van der Waals surface area contributed by atoms with Gasteiger partial charge in [0.1, 0.15) is 6.04 Å². The number of hydrogen-bond donors (Lipinski definition) is 2. The first-order chi connectivity index (χ1) is 10.9. The van der Waals surface area contributed by atoms with Gasteiger partial charge in [-0.3, -0.25) is 14.4 Å². The summed E-state index contributed by atoms with van der Waals surface area (Å²) in [6.07, 6.45) is 0.891. The van der Waals surface area contributed by atoms with Gasteiger partial charge in [0.15, 0.2) is 0 Å². The number of benzene rings is 1. The molecule has 1 unspecified atom stereocenters. The Labute approximate surface area is 143 Å². The van der Waals surface area contributed by atoms with Gasteiger partial charge in [0.25, 0.3) is 0 Å². The van der Waals surface area contributed by atoms with Crippen LogP contribution in [0.3, 0.4) is 0 Å². The number of rotatable bonds is 5. The summed E-state index contributed by atoms with van der Waals surface area (Å²) in [4.78, 5) is 36.4. The molecule has 1 aliphatic heterocycles. The molecule has 0 bridgehead atoms. The molecule has 1 aliphatic rings. The quantitative estimate of drug-likeness (QED) is 0.846. The number of carboxylic acid groups (broad SMARTS) is 1. The summed E-state index contributed by atoms with van der Waals surface area (Å²) >= 11 is 11.8. The highest BCUT2D eigenvalue weighted by Crippen LogP contribution is 2.24. The van der Waals surface area contributed by atoms with Crippen LogP contribution in [0.2, 0.25) is 10.0 Å². The first-order valence-electron chi connectivity index (χ1n) is 7.15. The summed E-state index contributed by atoms with van der Waals surface area (Å²) in [5, 5.41) is 12.1. The fraction of sp³-hybridized carbons (Fsp3) is 0.400. The Kier molecular flexibility index (Phi) is 5.85. The zero-order valence-electron chi connectivity index (χ0n) is 12.2. The van der Waals surface area contributed by atoms with Gasteiger partial charge < -0.3 is 15.3 Å². The van der Waals surface area contributed by atoms with Gasteiger partial charge in [0.05, 0.1) is 6.42 Å². The molecule has 23 heavy (non-hydrogen) atoms. The molecule has 0 aromatic heterocycles. The fourth-order valence-electron chi connectivity index (χ4n) is 2.55. The lowest BCUT2D eigenvalue weighted by atomic mass is 10.2. The van der Waals surface area contributed by atoms with Crippen molar-refractivity contribution >= 4 is 46.7 Å². The van der Waals surface area contributed by atoms with Crippen molar-refractivity contribution in [2.24, 2.45) is 0 Å². The van der Waals surface area contributed by atoms with Gasteiger partial charge in [-0.2, -0.15) is 0 Å². The summed E-state index contributed by atoms with van der Waals surface area (Å²) in [5.41, 5.74) is 0.456. The lowest BCUT2D eigenvalue weighted by molar-refractivity contribution is -0.142. The summed E-state index contributed by atoms with van der Waals surface area (Å²) in [6, 6.07) is 4.08. The van der Waals surface area contributed by atoms with Crippen LogP contribution in [0.4, 0.5) is 5.69 Å². The molecule has 0 radical (unpaired) electrons. The molecule has 1 fully saturated rings. The first kappa shape index (κ1) is 17.6. The van der Waals surface area contributed by atoms with Gasteiger partial charge in [-0.15, -0.1) is 0 Å². The number of nitrogens with one attached hydrogen (secondary N) is 1. The Morgan fingerprint density at radius 3 is 2.43 bits per heavy atom. The monoisotopic (exact) mass is 358 g/mol. The van der Waals surface area contributed by atoms with Gasteiger partial charge in [-0.05, 0) is 31.0 Å². The predicted molar refractivity (Wildman–Crippen MR) is 86.7 cm³/mol. The zero-order valence-corrected chi connectivity index (χ0v) is 13.7. The third-order valence-electron chi connectivity index (χ3n) is 3.56. The van der Waals surface area contributed by atoms with Crippen molar-refractivity contribution in [1.82, 2.24) is 4.90 Å². The third kappa shape index (κ3) is 4.84. The Morgan fingerprint density at radius 1 is 1.17 bits per heavy atom. The molecule has 8 heteroatoms. The van der Waals surface area contributed by atoms with Crippen LogP contribution in [-0.4, -0.2) is 40.4 Å². The van der Waals surface area contributed by atoms with E-state index in [9.17, 15) is 14.4 Å². The second kappa shape index (κ2) is 7.66. The molecule has 1 atom stereocenters. The van der Waals surface area contributed by atoms with E-state index < -0.39 is 12.0 Å². The maximum atomic E-state index is 12.4. The van der Waals surface area contributed by atoms with Gasteiger partial charge >= 0.3 is 5.97 Å². The van der Waals surface area contributed by atoms with Crippen molar-refractivity contribution in [3.63, 3.8) is 0 Å². The predicted octanol–water partition coefficient (Wildman–Crippen LogP) is 2.79. The van der Waals surface area contributed by atoms with Gasteiger partial charge in [0, 0.05) is 28.7 Å². The maximum absolute atomic E-state index is 12.4. The highest BCUT2D eigenvalue weighted by atomic mass is 35.5. The summed E-state index contributed by atoms with van der Waals surface area (Å²) in [5.74, 6) is -1.69. The van der Waals surface area contributed by atoms with Crippen molar-refractivity contribution in [1.29, 1.82) is 0 Å². The van der Waals surface area contributed by atoms with E-state index in [1.54, 1.807) is 18.2 Å². The molecule has 2 amide bonds. The number of amides is 2. The van der Waals surface area contributed by atoms with Crippen LogP contribution in [0.15, 0.2) is 18.2 Å². The maximum Gasteiger partial charge on any atom is 0.303 e. The molecule has 0 spiro atoms. The third-order valence-corrected chi connectivity index (χ3v) is 4.00. The first-order valence-corrected chi connectivity index (χ1v) is 7.90. The van der Waals surface area contributed by atoms with Gasteiger partial charge in [0.2, 0.25) is 11.8 Å². The number of carbonyl (C=O) groups excluding carboxylic acids is 2. The number of aliphatic carboxylic acids is 1. The minimum absolute atomic E-state index is 0.109. The van der Waals surface area contributed by atoms with Crippen molar-refractivity contribution in [2.45, 2.75) is 31.7 Å². The van der Waals surface area contributed by atoms with E-state index in [-0.39, 0.29) is 24.7 Å². The molecular weight excluding hydrogens is 343 g/mol. The molecule has 1 aromatic rings. The van der Waals surface area contributed by atoms with Crippen LogP contribution in [0.1, 0.15) is 25.7 Å². The smallest absolute Gasteiger partial charge is 0.303 e. The molecule has 0 saturated carbocycles. The largest absolute Gasteiger partial charge is 0.481 e. The minimum atomic E-state index is -1.04. The molecule has 124 valence electrons. The van der Waals surface area contributed by atoms with E-state index in [4.69, 9.17) is 28.3 Å². The topological polar surface area (TPSA) is 86.7 Å². The second-order valence-corrected chi connectivity index (χ2v) is 6.16. The van der Waals surface area contributed by atoms with Crippen LogP contribution in [0.25, 0.3) is 0 Å². The Morgan fingerprint density at radius 2 is 1.83 bits per heavy atom. The van der Waals surface area contributed by atoms with Gasteiger partial charge in [-0.25, -0.2) is 0 Å².